The number of nitrogens with zero attached hydrogens (tertiary/aromatic N) is 2. The molecule has 1 aliphatic rings. The highest BCUT2D eigenvalue weighted by molar-refractivity contribution is 7.99. The maximum absolute atomic E-state index is 13.7. The zero-order chi connectivity index (χ0) is 12.5. The Hall–Kier alpha value is -1.82. The summed E-state index contributed by atoms with van der Waals surface area (Å²) >= 11 is 1.37. The summed E-state index contributed by atoms with van der Waals surface area (Å²) in [7, 11) is 0. The first-order valence-corrected chi connectivity index (χ1v) is 6.51. The highest BCUT2D eigenvalue weighted by atomic mass is 32.2. The molecule has 0 radical (unpaired) electrons. The Morgan fingerprint density at radius 3 is 3.00 bits per heavy atom. The van der Waals surface area contributed by atoms with E-state index in [9.17, 15) is 4.39 Å². The van der Waals surface area contributed by atoms with Crippen LogP contribution >= 0.6 is 11.8 Å². The number of anilines is 2. The number of ether oxygens (including phenoxy) is 1. The first-order chi connectivity index (χ1) is 8.79. The maximum atomic E-state index is 13.7. The van der Waals surface area contributed by atoms with E-state index in [0.29, 0.717) is 22.2 Å². The van der Waals surface area contributed by atoms with Gasteiger partial charge in [0.15, 0.2) is 5.75 Å². The molecule has 4 nitrogen and oxygen atoms in total. The van der Waals surface area contributed by atoms with E-state index in [1.54, 1.807) is 0 Å². The van der Waals surface area contributed by atoms with Crippen LogP contribution in [0.3, 0.4) is 0 Å². The fourth-order valence-electron chi connectivity index (χ4n) is 1.74. The lowest BCUT2D eigenvalue weighted by atomic mass is 10.2. The van der Waals surface area contributed by atoms with E-state index in [-0.39, 0.29) is 0 Å². The molecule has 0 atom stereocenters. The second-order valence-corrected chi connectivity index (χ2v) is 4.93. The number of para-hydroxylation sites is 2. The summed E-state index contributed by atoms with van der Waals surface area (Å²) in [4.78, 5) is 0.442. The van der Waals surface area contributed by atoms with Gasteiger partial charge in [-0.05, 0) is 17.9 Å². The third-order valence-corrected chi connectivity index (χ3v) is 3.45. The van der Waals surface area contributed by atoms with Crippen LogP contribution < -0.4 is 10.1 Å². The number of benzene rings is 1. The van der Waals surface area contributed by atoms with Crippen LogP contribution in [0.2, 0.25) is 0 Å². The Balaban J connectivity index is 2.10. The van der Waals surface area contributed by atoms with Crippen molar-refractivity contribution in [2.45, 2.75) is 11.8 Å². The number of hydrogen-bond acceptors (Lipinski definition) is 5. The SMILES string of the molecule is CCSc1c(F)nnc2c1Nc1ccccc1O2. The fourth-order valence-corrected chi connectivity index (χ4v) is 2.47. The number of rotatable bonds is 2. The van der Waals surface area contributed by atoms with E-state index >= 15 is 0 Å². The van der Waals surface area contributed by atoms with Crippen LogP contribution in [-0.2, 0) is 0 Å². The van der Waals surface area contributed by atoms with Crippen molar-refractivity contribution in [3.8, 4) is 11.6 Å². The zero-order valence-electron chi connectivity index (χ0n) is 9.61. The third kappa shape index (κ3) is 1.78. The summed E-state index contributed by atoms with van der Waals surface area (Å²) in [5, 5.41) is 10.4. The topological polar surface area (TPSA) is 47.0 Å². The predicted octanol–water partition coefficient (Wildman–Crippen LogP) is 3.58. The Bertz CT molecular complexity index is 606. The molecule has 1 N–H and O–H groups in total. The van der Waals surface area contributed by atoms with Gasteiger partial charge in [-0.3, -0.25) is 0 Å². The van der Waals surface area contributed by atoms with Gasteiger partial charge in [0.25, 0.3) is 5.88 Å². The van der Waals surface area contributed by atoms with Gasteiger partial charge in [0.2, 0.25) is 5.95 Å². The summed E-state index contributed by atoms with van der Waals surface area (Å²) in [5.74, 6) is 1.15. The molecule has 2 aromatic rings. The normalized spacial score (nSPS) is 12.1. The van der Waals surface area contributed by atoms with E-state index < -0.39 is 5.95 Å². The largest absolute Gasteiger partial charge is 0.434 e. The number of thioether (sulfide) groups is 1. The van der Waals surface area contributed by atoms with Gasteiger partial charge in [0.1, 0.15) is 5.69 Å². The smallest absolute Gasteiger partial charge is 0.264 e. The van der Waals surface area contributed by atoms with E-state index in [1.807, 2.05) is 31.2 Å². The third-order valence-electron chi connectivity index (χ3n) is 2.50. The maximum Gasteiger partial charge on any atom is 0.264 e. The fraction of sp³-hybridized carbons (Fsp3) is 0.167. The molecule has 0 saturated carbocycles. The van der Waals surface area contributed by atoms with Gasteiger partial charge in [-0.2, -0.15) is 4.39 Å². The molecule has 0 fully saturated rings. The lowest BCUT2D eigenvalue weighted by Gasteiger charge is -2.21. The summed E-state index contributed by atoms with van der Waals surface area (Å²) in [6.07, 6.45) is 0. The Labute approximate surface area is 108 Å². The van der Waals surface area contributed by atoms with Crippen molar-refractivity contribution in [3.63, 3.8) is 0 Å². The first kappa shape index (κ1) is 11.3. The van der Waals surface area contributed by atoms with Crippen LogP contribution in [0.5, 0.6) is 11.6 Å². The molecule has 3 rings (SSSR count). The molecule has 0 saturated heterocycles. The number of halogens is 1. The molecule has 6 heteroatoms. The predicted molar refractivity (Wildman–Crippen MR) is 68.2 cm³/mol. The molecule has 18 heavy (non-hydrogen) atoms. The summed E-state index contributed by atoms with van der Waals surface area (Å²) in [5.41, 5.74) is 1.35. The average Bonchev–Trinajstić information content (AvgIpc) is 2.40. The second kappa shape index (κ2) is 4.45. The van der Waals surface area contributed by atoms with Crippen LogP contribution in [-0.4, -0.2) is 16.0 Å². The highest BCUT2D eigenvalue weighted by Crippen LogP contribution is 2.44. The molecule has 92 valence electrons. The first-order valence-electron chi connectivity index (χ1n) is 5.52. The van der Waals surface area contributed by atoms with Gasteiger partial charge in [-0.25, -0.2) is 0 Å². The Morgan fingerprint density at radius 2 is 2.17 bits per heavy atom. The van der Waals surface area contributed by atoms with Gasteiger partial charge in [-0.15, -0.1) is 22.0 Å². The number of hydrogen-bond donors (Lipinski definition) is 1. The van der Waals surface area contributed by atoms with Crippen LogP contribution in [0.15, 0.2) is 29.2 Å². The minimum Gasteiger partial charge on any atom is -0.434 e. The van der Waals surface area contributed by atoms with Gasteiger partial charge >= 0.3 is 0 Å². The van der Waals surface area contributed by atoms with Gasteiger partial charge in [-0.1, -0.05) is 19.1 Å². The van der Waals surface area contributed by atoms with Gasteiger partial charge in [0, 0.05) is 0 Å². The molecule has 0 aliphatic carbocycles. The van der Waals surface area contributed by atoms with Crippen molar-refractivity contribution in [2.24, 2.45) is 0 Å². The van der Waals surface area contributed by atoms with Gasteiger partial charge < -0.3 is 10.1 Å². The summed E-state index contributed by atoms with van der Waals surface area (Å²) in [6, 6.07) is 7.45. The van der Waals surface area contributed by atoms with Crippen molar-refractivity contribution in [1.29, 1.82) is 0 Å². The molecule has 0 spiro atoms. The molecule has 0 bridgehead atoms. The molecular weight excluding hydrogens is 253 g/mol. The standard InChI is InChI=1S/C12H10FN3OS/c1-2-18-10-9-12(16-15-11(10)13)17-8-6-4-3-5-7(8)14-9/h3-6,14H,2H2,1H3. The Morgan fingerprint density at radius 1 is 1.33 bits per heavy atom. The second-order valence-electron chi connectivity index (χ2n) is 3.66. The summed E-state index contributed by atoms with van der Waals surface area (Å²) in [6.45, 7) is 1.95. The van der Waals surface area contributed by atoms with E-state index in [4.69, 9.17) is 4.74 Å². The van der Waals surface area contributed by atoms with Crippen molar-refractivity contribution in [3.05, 3.63) is 30.2 Å². The highest BCUT2D eigenvalue weighted by Gasteiger charge is 2.23. The van der Waals surface area contributed by atoms with E-state index in [2.05, 4.69) is 15.5 Å². The molecule has 1 aromatic carbocycles. The molecule has 2 heterocycles. The number of nitrogens with one attached hydrogen (secondary N) is 1. The lowest BCUT2D eigenvalue weighted by Crippen LogP contribution is -2.08. The van der Waals surface area contributed by atoms with Crippen LogP contribution in [0, 0.1) is 5.95 Å². The van der Waals surface area contributed by atoms with Crippen molar-refractivity contribution < 1.29 is 9.13 Å². The molecular formula is C12H10FN3OS. The van der Waals surface area contributed by atoms with Crippen LogP contribution in [0.1, 0.15) is 6.92 Å². The summed E-state index contributed by atoms with van der Waals surface area (Å²) < 4.78 is 19.3. The Kier molecular flexibility index (Phi) is 2.79. The van der Waals surface area contributed by atoms with Crippen molar-refractivity contribution in [1.82, 2.24) is 10.2 Å². The molecule has 0 unspecified atom stereocenters. The van der Waals surface area contributed by atoms with Crippen molar-refractivity contribution >= 4 is 23.1 Å². The number of fused-ring (bicyclic) bond motifs is 2. The monoisotopic (exact) mass is 263 g/mol. The van der Waals surface area contributed by atoms with E-state index in [0.717, 1.165) is 11.4 Å². The van der Waals surface area contributed by atoms with Crippen LogP contribution in [0.25, 0.3) is 0 Å². The minimum atomic E-state index is -0.573. The molecule has 1 aliphatic heterocycles. The lowest BCUT2D eigenvalue weighted by molar-refractivity contribution is 0.434. The zero-order valence-corrected chi connectivity index (χ0v) is 10.4. The molecule has 1 aromatic heterocycles. The van der Waals surface area contributed by atoms with Crippen molar-refractivity contribution in [2.75, 3.05) is 11.1 Å². The van der Waals surface area contributed by atoms with E-state index in [1.165, 1.54) is 11.8 Å². The minimum absolute atomic E-state index is 0.311. The molecule has 0 amide bonds. The van der Waals surface area contributed by atoms with Gasteiger partial charge in [0.05, 0.1) is 10.6 Å². The van der Waals surface area contributed by atoms with Crippen LogP contribution in [0.4, 0.5) is 15.8 Å². The average molecular weight is 263 g/mol. The quantitative estimate of drug-likeness (QED) is 0.716. The number of aromatic nitrogens is 2.